The minimum atomic E-state index is -1.19. The lowest BCUT2D eigenvalue weighted by Crippen LogP contribution is -2.40. The third-order valence-corrected chi connectivity index (χ3v) is 2.03. The van der Waals surface area contributed by atoms with Crippen molar-refractivity contribution in [2.75, 3.05) is 13.1 Å². The van der Waals surface area contributed by atoms with E-state index in [9.17, 15) is 4.79 Å². The van der Waals surface area contributed by atoms with Crippen LogP contribution in [0.4, 0.5) is 0 Å². The summed E-state index contributed by atoms with van der Waals surface area (Å²) >= 11 is 0. The number of carbonyl (C=O) groups is 1. The summed E-state index contributed by atoms with van der Waals surface area (Å²) in [5, 5.41) is 20.6. The summed E-state index contributed by atoms with van der Waals surface area (Å²) in [5.74, 6) is -1.22. The van der Waals surface area contributed by atoms with E-state index in [0.717, 1.165) is 19.4 Å². The van der Waals surface area contributed by atoms with Gasteiger partial charge in [-0.1, -0.05) is 0 Å². The molecule has 1 rings (SSSR count). The standard InChI is InChI=1S/C7H13NO3/c9-6(7(10)11)5-2-1-3-8-4-5/h5-6,8-9H,1-4H2,(H,10,11)/t5-,6-/m0/s1. The number of rotatable bonds is 2. The largest absolute Gasteiger partial charge is 0.479 e. The van der Waals surface area contributed by atoms with Crippen LogP contribution in [0.3, 0.4) is 0 Å². The molecular formula is C7H13NO3. The lowest BCUT2D eigenvalue weighted by Gasteiger charge is -2.24. The summed E-state index contributed by atoms with van der Waals surface area (Å²) in [6, 6.07) is 0. The van der Waals surface area contributed by atoms with Crippen LogP contribution in [0.2, 0.25) is 0 Å². The molecule has 0 bridgehead atoms. The molecule has 1 heterocycles. The van der Waals surface area contributed by atoms with Gasteiger partial charge in [-0.2, -0.15) is 0 Å². The molecule has 0 spiro atoms. The first-order valence-corrected chi connectivity index (χ1v) is 3.83. The molecule has 0 radical (unpaired) electrons. The monoisotopic (exact) mass is 159 g/mol. The molecule has 11 heavy (non-hydrogen) atoms. The Bertz CT molecular complexity index is 143. The highest BCUT2D eigenvalue weighted by Gasteiger charge is 2.26. The molecule has 4 nitrogen and oxygen atoms in total. The molecule has 0 aromatic heterocycles. The minimum absolute atomic E-state index is 0.110. The van der Waals surface area contributed by atoms with E-state index >= 15 is 0 Å². The van der Waals surface area contributed by atoms with Gasteiger partial charge in [0.2, 0.25) is 0 Å². The molecule has 3 N–H and O–H groups in total. The summed E-state index contributed by atoms with van der Waals surface area (Å²) < 4.78 is 0. The zero-order valence-electron chi connectivity index (χ0n) is 6.29. The van der Waals surface area contributed by atoms with Gasteiger partial charge in [0.05, 0.1) is 0 Å². The lowest BCUT2D eigenvalue weighted by atomic mass is 9.94. The number of carboxylic acids is 1. The topological polar surface area (TPSA) is 69.6 Å². The molecule has 2 atom stereocenters. The normalized spacial score (nSPS) is 27.9. The van der Waals surface area contributed by atoms with E-state index < -0.39 is 12.1 Å². The highest BCUT2D eigenvalue weighted by Crippen LogP contribution is 2.14. The molecule has 4 heteroatoms. The van der Waals surface area contributed by atoms with Crippen LogP contribution in [0.15, 0.2) is 0 Å². The second kappa shape index (κ2) is 3.69. The van der Waals surface area contributed by atoms with Crippen LogP contribution in [0.1, 0.15) is 12.8 Å². The van der Waals surface area contributed by atoms with Crippen LogP contribution in [-0.2, 0) is 4.79 Å². The van der Waals surface area contributed by atoms with Crippen molar-refractivity contribution in [2.24, 2.45) is 5.92 Å². The fourth-order valence-corrected chi connectivity index (χ4v) is 1.35. The highest BCUT2D eigenvalue weighted by molar-refractivity contribution is 5.72. The smallest absolute Gasteiger partial charge is 0.332 e. The Morgan fingerprint density at radius 1 is 1.64 bits per heavy atom. The Hall–Kier alpha value is -0.610. The van der Waals surface area contributed by atoms with Gasteiger partial charge in [0.15, 0.2) is 6.10 Å². The quantitative estimate of drug-likeness (QED) is 0.504. The summed E-state index contributed by atoms with van der Waals surface area (Å²) in [6.07, 6.45) is 0.568. The molecule has 0 saturated carbocycles. The molecule has 0 aliphatic carbocycles. The maximum absolute atomic E-state index is 10.3. The third-order valence-electron chi connectivity index (χ3n) is 2.03. The van der Waals surface area contributed by atoms with Gasteiger partial charge in [-0.3, -0.25) is 0 Å². The number of hydrogen-bond donors (Lipinski definition) is 3. The fourth-order valence-electron chi connectivity index (χ4n) is 1.35. The molecule has 0 unspecified atom stereocenters. The molecule has 0 amide bonds. The van der Waals surface area contributed by atoms with Crippen molar-refractivity contribution in [2.45, 2.75) is 18.9 Å². The lowest BCUT2D eigenvalue weighted by molar-refractivity contribution is -0.150. The van der Waals surface area contributed by atoms with Crippen molar-refractivity contribution in [3.8, 4) is 0 Å². The molecule has 0 aromatic rings. The van der Waals surface area contributed by atoms with Gasteiger partial charge in [0, 0.05) is 12.5 Å². The van der Waals surface area contributed by atoms with Gasteiger partial charge in [-0.15, -0.1) is 0 Å². The molecule has 0 aromatic carbocycles. The zero-order chi connectivity index (χ0) is 8.27. The summed E-state index contributed by atoms with van der Waals surface area (Å²) in [7, 11) is 0. The molecule has 1 fully saturated rings. The molecule has 1 aliphatic heterocycles. The first kappa shape index (κ1) is 8.49. The summed E-state index contributed by atoms with van der Waals surface area (Å²) in [5.41, 5.74) is 0. The number of aliphatic hydroxyl groups excluding tert-OH is 1. The van der Waals surface area contributed by atoms with Crippen LogP contribution in [0.5, 0.6) is 0 Å². The van der Waals surface area contributed by atoms with Crippen molar-refractivity contribution in [1.82, 2.24) is 5.32 Å². The van der Waals surface area contributed by atoms with Crippen LogP contribution < -0.4 is 5.32 Å². The Morgan fingerprint density at radius 3 is 2.82 bits per heavy atom. The summed E-state index contributed by atoms with van der Waals surface area (Å²) in [6.45, 7) is 1.55. The van der Waals surface area contributed by atoms with Gasteiger partial charge >= 0.3 is 5.97 Å². The van der Waals surface area contributed by atoms with Crippen LogP contribution in [0.25, 0.3) is 0 Å². The fraction of sp³-hybridized carbons (Fsp3) is 0.857. The Balaban J connectivity index is 2.38. The third kappa shape index (κ3) is 2.17. The predicted octanol–water partition coefficient (Wildman–Crippen LogP) is -0.568. The van der Waals surface area contributed by atoms with E-state index in [1.165, 1.54) is 0 Å². The van der Waals surface area contributed by atoms with Gasteiger partial charge in [0.1, 0.15) is 0 Å². The average molecular weight is 159 g/mol. The van der Waals surface area contributed by atoms with Gasteiger partial charge in [-0.05, 0) is 19.4 Å². The number of aliphatic hydroxyl groups is 1. The number of aliphatic carboxylic acids is 1. The van der Waals surface area contributed by atoms with Crippen molar-refractivity contribution < 1.29 is 15.0 Å². The van der Waals surface area contributed by atoms with Crippen LogP contribution in [-0.4, -0.2) is 35.4 Å². The van der Waals surface area contributed by atoms with E-state index in [4.69, 9.17) is 10.2 Å². The Morgan fingerprint density at radius 2 is 2.36 bits per heavy atom. The number of piperidine rings is 1. The SMILES string of the molecule is O=C(O)[C@@H](O)[C@H]1CCCNC1. The van der Waals surface area contributed by atoms with E-state index in [0.29, 0.717) is 6.54 Å². The predicted molar refractivity (Wildman–Crippen MR) is 39.2 cm³/mol. The molecule has 64 valence electrons. The highest BCUT2D eigenvalue weighted by atomic mass is 16.4. The molecule has 1 aliphatic rings. The maximum Gasteiger partial charge on any atom is 0.332 e. The van der Waals surface area contributed by atoms with Crippen molar-refractivity contribution in [3.63, 3.8) is 0 Å². The van der Waals surface area contributed by atoms with Gasteiger partial charge in [-0.25, -0.2) is 4.79 Å². The maximum atomic E-state index is 10.3. The van der Waals surface area contributed by atoms with Gasteiger partial charge < -0.3 is 15.5 Å². The first-order valence-electron chi connectivity index (χ1n) is 3.83. The van der Waals surface area contributed by atoms with Crippen LogP contribution in [0, 0.1) is 5.92 Å². The zero-order valence-corrected chi connectivity index (χ0v) is 6.29. The summed E-state index contributed by atoms with van der Waals surface area (Å²) in [4.78, 5) is 10.3. The first-order chi connectivity index (χ1) is 5.22. The second-order valence-corrected chi connectivity index (χ2v) is 2.89. The molecular weight excluding hydrogens is 146 g/mol. The number of nitrogens with one attached hydrogen (secondary N) is 1. The van der Waals surface area contributed by atoms with Crippen molar-refractivity contribution in [3.05, 3.63) is 0 Å². The number of carboxylic acid groups (broad SMARTS) is 1. The van der Waals surface area contributed by atoms with Gasteiger partial charge in [0.25, 0.3) is 0 Å². The Kier molecular flexibility index (Phi) is 2.84. The van der Waals surface area contributed by atoms with E-state index in [1.807, 2.05) is 0 Å². The van der Waals surface area contributed by atoms with E-state index in [-0.39, 0.29) is 5.92 Å². The van der Waals surface area contributed by atoms with E-state index in [2.05, 4.69) is 5.32 Å². The van der Waals surface area contributed by atoms with Crippen LogP contribution >= 0.6 is 0 Å². The average Bonchev–Trinajstić information content (AvgIpc) is 2.05. The molecule has 1 saturated heterocycles. The number of hydrogen-bond acceptors (Lipinski definition) is 3. The van der Waals surface area contributed by atoms with Crippen molar-refractivity contribution in [1.29, 1.82) is 0 Å². The van der Waals surface area contributed by atoms with E-state index in [1.54, 1.807) is 0 Å². The minimum Gasteiger partial charge on any atom is -0.479 e. The Labute approximate surface area is 65.2 Å². The second-order valence-electron chi connectivity index (χ2n) is 2.89. The van der Waals surface area contributed by atoms with Crippen molar-refractivity contribution >= 4 is 5.97 Å².